The van der Waals surface area contributed by atoms with Crippen LogP contribution >= 0.6 is 0 Å². The molecule has 3 aromatic carbocycles. The Kier molecular flexibility index (Phi) is 6.35. The highest BCUT2D eigenvalue weighted by Gasteiger charge is 2.26. The van der Waals surface area contributed by atoms with E-state index in [1.54, 1.807) is 18.2 Å². The molecule has 1 heterocycles. The summed E-state index contributed by atoms with van der Waals surface area (Å²) in [7, 11) is 2.55. The maximum Gasteiger partial charge on any atom is 0.328 e. The zero-order chi connectivity index (χ0) is 24.2. The van der Waals surface area contributed by atoms with Crippen molar-refractivity contribution < 1.29 is 24.0 Å². The van der Waals surface area contributed by atoms with Gasteiger partial charge in [0, 0.05) is 23.3 Å². The normalized spacial score (nSPS) is 11.7. The molecule has 9 nitrogen and oxygen atoms in total. The Balaban J connectivity index is 1.72. The van der Waals surface area contributed by atoms with Crippen LogP contribution in [0.5, 0.6) is 5.75 Å². The molecule has 0 bridgehead atoms. The first kappa shape index (κ1) is 22.7. The highest BCUT2D eigenvalue weighted by Crippen LogP contribution is 2.29. The van der Waals surface area contributed by atoms with Gasteiger partial charge in [-0.1, -0.05) is 42.5 Å². The van der Waals surface area contributed by atoms with Crippen LogP contribution in [-0.2, 0) is 16.0 Å². The molecule has 0 aliphatic carbocycles. The monoisotopic (exact) mass is 459 g/mol. The van der Waals surface area contributed by atoms with Crippen molar-refractivity contribution in [3.05, 3.63) is 88.0 Å². The summed E-state index contributed by atoms with van der Waals surface area (Å²) in [6.07, 6.45) is -0.00973. The van der Waals surface area contributed by atoms with Crippen LogP contribution < -0.4 is 10.1 Å². The van der Waals surface area contributed by atoms with E-state index in [4.69, 9.17) is 9.47 Å². The van der Waals surface area contributed by atoms with E-state index in [0.717, 1.165) is 0 Å². The second kappa shape index (κ2) is 9.53. The van der Waals surface area contributed by atoms with E-state index in [9.17, 15) is 19.7 Å². The Labute approximate surface area is 194 Å². The number of benzene rings is 3. The number of aromatic nitrogens is 1. The molecule has 0 saturated carbocycles. The highest BCUT2D eigenvalue weighted by molar-refractivity contribution is 6.16. The van der Waals surface area contributed by atoms with E-state index >= 15 is 0 Å². The van der Waals surface area contributed by atoms with Crippen LogP contribution in [0.25, 0.3) is 21.8 Å². The molecule has 0 aliphatic heterocycles. The Morgan fingerprint density at radius 2 is 1.62 bits per heavy atom. The van der Waals surface area contributed by atoms with E-state index in [0.29, 0.717) is 32.9 Å². The Hall–Kier alpha value is -4.53. The standard InChI is InChI=1S/C25H21N3O6/c1-33-22-12-11-15(14-21(22)28(31)32)13-20(25(30)34-2)27-24(29)23-16-7-3-5-9-18(16)26-19-10-6-4-8-17(19)23/h3-12,14,20H,13H2,1-2H3,(H,27,29)/t20-/m1/s1. The average Bonchev–Trinajstić information content (AvgIpc) is 2.86. The number of methoxy groups -OCH3 is 2. The summed E-state index contributed by atoms with van der Waals surface area (Å²) in [6.45, 7) is 0. The number of rotatable bonds is 7. The van der Waals surface area contributed by atoms with Crippen molar-refractivity contribution in [3.63, 3.8) is 0 Å². The SMILES string of the molecule is COC(=O)[C@@H](Cc1ccc(OC)c([N+](=O)[O-])c1)NC(=O)c1c2ccccc2nc2ccccc12. The van der Waals surface area contributed by atoms with Crippen molar-refractivity contribution in [3.8, 4) is 5.75 Å². The van der Waals surface area contributed by atoms with Crippen molar-refractivity contribution in [1.82, 2.24) is 10.3 Å². The van der Waals surface area contributed by atoms with Gasteiger partial charge in [0.2, 0.25) is 0 Å². The lowest BCUT2D eigenvalue weighted by Crippen LogP contribution is -2.43. The largest absolute Gasteiger partial charge is 0.490 e. The maximum atomic E-state index is 13.5. The van der Waals surface area contributed by atoms with Crippen LogP contribution in [0.2, 0.25) is 0 Å². The Bertz CT molecular complexity index is 1360. The molecule has 0 fully saturated rings. The zero-order valence-electron chi connectivity index (χ0n) is 18.5. The summed E-state index contributed by atoms with van der Waals surface area (Å²) in [6, 6.07) is 17.8. The van der Waals surface area contributed by atoms with Crippen LogP contribution in [0.1, 0.15) is 15.9 Å². The molecule has 1 aromatic heterocycles. The second-order valence-electron chi connectivity index (χ2n) is 7.54. The van der Waals surface area contributed by atoms with E-state index in [1.807, 2.05) is 36.4 Å². The molecule has 9 heteroatoms. The molecule has 0 spiro atoms. The van der Waals surface area contributed by atoms with Gasteiger partial charge in [-0.05, 0) is 23.8 Å². The van der Waals surface area contributed by atoms with Crippen LogP contribution in [0.3, 0.4) is 0 Å². The summed E-state index contributed by atoms with van der Waals surface area (Å²) >= 11 is 0. The first-order chi connectivity index (χ1) is 16.4. The van der Waals surface area contributed by atoms with Gasteiger partial charge in [-0.15, -0.1) is 0 Å². The fourth-order valence-corrected chi connectivity index (χ4v) is 3.89. The van der Waals surface area contributed by atoms with Crippen molar-refractivity contribution in [1.29, 1.82) is 0 Å². The van der Waals surface area contributed by atoms with Gasteiger partial charge in [-0.3, -0.25) is 14.9 Å². The first-order valence-electron chi connectivity index (χ1n) is 10.4. The number of ether oxygens (including phenoxy) is 2. The second-order valence-corrected chi connectivity index (χ2v) is 7.54. The topological polar surface area (TPSA) is 121 Å². The third kappa shape index (κ3) is 4.36. The van der Waals surface area contributed by atoms with Crippen LogP contribution in [0, 0.1) is 10.1 Å². The minimum absolute atomic E-state index is 0.00973. The van der Waals surface area contributed by atoms with Gasteiger partial charge in [-0.2, -0.15) is 0 Å². The number of nitro benzene ring substituents is 1. The number of nitrogens with one attached hydrogen (secondary N) is 1. The number of amides is 1. The van der Waals surface area contributed by atoms with Gasteiger partial charge >= 0.3 is 11.7 Å². The molecule has 34 heavy (non-hydrogen) atoms. The summed E-state index contributed by atoms with van der Waals surface area (Å²) in [4.78, 5) is 41.5. The molecule has 4 rings (SSSR count). The summed E-state index contributed by atoms with van der Waals surface area (Å²) in [5.74, 6) is -1.05. The molecule has 0 radical (unpaired) electrons. The average molecular weight is 459 g/mol. The molecule has 0 unspecified atom stereocenters. The number of pyridine rings is 1. The summed E-state index contributed by atoms with van der Waals surface area (Å²) in [5, 5.41) is 15.4. The third-order valence-corrected chi connectivity index (χ3v) is 5.49. The Morgan fingerprint density at radius 3 is 2.18 bits per heavy atom. The van der Waals surface area contributed by atoms with E-state index in [-0.39, 0.29) is 17.9 Å². The van der Waals surface area contributed by atoms with Crippen LogP contribution in [0.4, 0.5) is 5.69 Å². The van der Waals surface area contributed by atoms with Crippen molar-refractivity contribution in [2.75, 3.05) is 14.2 Å². The predicted molar refractivity (Wildman–Crippen MR) is 126 cm³/mol. The first-order valence-corrected chi connectivity index (χ1v) is 10.4. The molecule has 1 N–H and O–H groups in total. The van der Waals surface area contributed by atoms with Crippen molar-refractivity contribution in [2.45, 2.75) is 12.5 Å². The number of carbonyl (C=O) groups is 2. The van der Waals surface area contributed by atoms with Crippen LogP contribution in [-0.4, -0.2) is 42.0 Å². The minimum Gasteiger partial charge on any atom is -0.490 e. The van der Waals surface area contributed by atoms with Crippen molar-refractivity contribution >= 4 is 39.4 Å². The number of hydrogen-bond donors (Lipinski definition) is 1. The molecule has 1 amide bonds. The molecular weight excluding hydrogens is 438 g/mol. The number of nitro groups is 1. The van der Waals surface area contributed by atoms with Gasteiger partial charge in [0.05, 0.1) is 35.7 Å². The minimum atomic E-state index is -1.07. The number of para-hydroxylation sites is 2. The van der Waals surface area contributed by atoms with Gasteiger partial charge in [0.1, 0.15) is 6.04 Å². The molecular formula is C25H21N3O6. The van der Waals surface area contributed by atoms with Gasteiger partial charge < -0.3 is 14.8 Å². The lowest BCUT2D eigenvalue weighted by Gasteiger charge is -2.18. The Morgan fingerprint density at radius 1 is 1.00 bits per heavy atom. The van der Waals surface area contributed by atoms with Crippen LogP contribution in [0.15, 0.2) is 66.7 Å². The number of carbonyl (C=O) groups excluding carboxylic acids is 2. The number of hydrogen-bond acceptors (Lipinski definition) is 7. The lowest BCUT2D eigenvalue weighted by atomic mass is 10.0. The number of esters is 1. The number of nitrogens with zero attached hydrogens (tertiary/aromatic N) is 2. The maximum absolute atomic E-state index is 13.5. The quantitative estimate of drug-likeness (QED) is 0.193. The molecule has 172 valence electrons. The van der Waals surface area contributed by atoms with Gasteiger partial charge in [0.25, 0.3) is 5.91 Å². The fourth-order valence-electron chi connectivity index (χ4n) is 3.89. The predicted octanol–water partition coefficient (Wildman–Crippen LogP) is 3.82. The smallest absolute Gasteiger partial charge is 0.328 e. The summed E-state index contributed by atoms with van der Waals surface area (Å²) in [5.41, 5.74) is 1.91. The molecule has 1 atom stereocenters. The molecule has 0 saturated heterocycles. The highest BCUT2D eigenvalue weighted by atomic mass is 16.6. The van der Waals surface area contributed by atoms with Gasteiger partial charge in [-0.25, -0.2) is 9.78 Å². The zero-order valence-corrected chi connectivity index (χ0v) is 18.5. The molecule has 0 aliphatic rings. The van der Waals surface area contributed by atoms with E-state index in [2.05, 4.69) is 10.3 Å². The summed E-state index contributed by atoms with van der Waals surface area (Å²) < 4.78 is 9.92. The number of fused-ring (bicyclic) bond motifs is 2. The fraction of sp³-hybridized carbons (Fsp3) is 0.160. The third-order valence-electron chi connectivity index (χ3n) is 5.49. The lowest BCUT2D eigenvalue weighted by molar-refractivity contribution is -0.385. The van der Waals surface area contributed by atoms with E-state index in [1.165, 1.54) is 26.4 Å². The van der Waals surface area contributed by atoms with Gasteiger partial charge in [0.15, 0.2) is 5.75 Å². The van der Waals surface area contributed by atoms with E-state index < -0.39 is 22.8 Å². The molecule has 4 aromatic rings. The van der Waals surface area contributed by atoms with Crippen molar-refractivity contribution in [2.24, 2.45) is 0 Å².